The predicted octanol–water partition coefficient (Wildman–Crippen LogP) is 4.02. The lowest BCUT2D eigenvalue weighted by molar-refractivity contribution is -0.134. The van der Waals surface area contributed by atoms with E-state index in [1.807, 2.05) is 18.2 Å². The maximum atomic E-state index is 13.5. The number of benzene rings is 2. The van der Waals surface area contributed by atoms with Gasteiger partial charge in [-0.1, -0.05) is 47.5 Å². The van der Waals surface area contributed by atoms with Gasteiger partial charge in [0.05, 0.1) is 6.26 Å². The van der Waals surface area contributed by atoms with Crippen LogP contribution in [0.4, 0.5) is 4.79 Å². The molecule has 1 heterocycles. The molecule has 0 saturated carbocycles. The highest BCUT2D eigenvalue weighted by molar-refractivity contribution is 7.88. The van der Waals surface area contributed by atoms with Gasteiger partial charge in [-0.3, -0.25) is 4.79 Å². The molecule has 1 aliphatic rings. The average Bonchev–Trinajstić information content (AvgIpc) is 3.14. The Kier molecular flexibility index (Phi) is 8.36. The van der Waals surface area contributed by atoms with E-state index in [0.717, 1.165) is 22.9 Å². The summed E-state index contributed by atoms with van der Waals surface area (Å²) in [6.45, 7) is 6.10. The van der Waals surface area contributed by atoms with Crippen molar-refractivity contribution < 1.29 is 22.7 Å². The molecule has 0 saturated heterocycles. The number of amides is 2. The normalized spacial score (nSPS) is 14.4. The van der Waals surface area contributed by atoms with Crippen LogP contribution in [0.5, 0.6) is 0 Å². The molecular weight excluding hydrogens is 513 g/mol. The van der Waals surface area contributed by atoms with Gasteiger partial charge in [-0.05, 0) is 55.2 Å². The number of fused-ring (bicyclic) bond motifs is 1. The number of alkyl carbamates (subject to hydrolysis) is 1. The molecule has 0 spiro atoms. The van der Waals surface area contributed by atoms with Gasteiger partial charge in [-0.15, -0.1) is 0 Å². The molecule has 0 bridgehead atoms. The fraction of sp³-hybridized carbons (Fsp3) is 0.417. The van der Waals surface area contributed by atoms with Crippen molar-refractivity contribution in [2.24, 2.45) is 0 Å². The zero-order chi connectivity index (χ0) is 26.0. The van der Waals surface area contributed by atoms with Gasteiger partial charge >= 0.3 is 6.09 Å². The first-order valence-corrected chi connectivity index (χ1v) is 13.6. The Bertz CT molecular complexity index is 1230. The summed E-state index contributed by atoms with van der Waals surface area (Å²) in [4.78, 5) is 27.7. The summed E-state index contributed by atoms with van der Waals surface area (Å²) in [6, 6.07) is 9.67. The van der Waals surface area contributed by atoms with Crippen LogP contribution < -0.4 is 10.0 Å². The summed E-state index contributed by atoms with van der Waals surface area (Å²) in [5.41, 5.74) is 2.61. The molecule has 0 unspecified atom stereocenters. The lowest BCUT2D eigenvalue weighted by Crippen LogP contribution is -2.49. The Morgan fingerprint density at radius 1 is 1.09 bits per heavy atom. The molecule has 0 aliphatic carbocycles. The number of carbonyl (C=O) groups excluding carboxylic acids is 2. The number of hydrogen-bond acceptors (Lipinski definition) is 5. The first-order valence-electron chi connectivity index (χ1n) is 11.0. The Hall–Kier alpha value is -2.33. The molecule has 0 fully saturated rings. The second-order valence-electron chi connectivity index (χ2n) is 9.53. The number of rotatable bonds is 7. The van der Waals surface area contributed by atoms with E-state index in [9.17, 15) is 18.0 Å². The smallest absolute Gasteiger partial charge is 0.408 e. The second-order valence-corrected chi connectivity index (χ2v) is 12.2. The number of hydrogen-bond donors (Lipinski definition) is 2. The Labute approximate surface area is 216 Å². The van der Waals surface area contributed by atoms with Crippen molar-refractivity contribution in [3.63, 3.8) is 0 Å². The Balaban J connectivity index is 1.78. The SMILES string of the molecule is CC(C)(C)OC(=O)N[C@H](Cc1ccc(Cl)cc1Cl)C(=O)N1Cc2ccc(CNS(C)(=O)=O)cc2C1. The monoisotopic (exact) mass is 541 g/mol. The van der Waals surface area contributed by atoms with Crippen LogP contribution in [0.2, 0.25) is 10.0 Å². The number of nitrogens with zero attached hydrogens (tertiary/aromatic N) is 1. The zero-order valence-corrected chi connectivity index (χ0v) is 22.4. The standard InChI is InChI=1S/C24H29Cl2N3O5S/c1-24(2,3)34-23(31)28-21(10-16-7-8-19(25)11-20(16)26)22(30)29-13-17-6-5-15(9-18(17)14-29)12-27-35(4,32)33/h5-9,11,21,27H,10,12-14H2,1-4H3,(H,28,31)/t21-/m1/s1. The first kappa shape index (κ1) is 27.3. The highest BCUT2D eigenvalue weighted by atomic mass is 35.5. The molecule has 190 valence electrons. The van der Waals surface area contributed by atoms with Crippen LogP contribution in [0.1, 0.15) is 43.0 Å². The largest absolute Gasteiger partial charge is 0.444 e. The number of carbonyl (C=O) groups is 2. The second kappa shape index (κ2) is 10.7. The summed E-state index contributed by atoms with van der Waals surface area (Å²) in [5.74, 6) is -0.283. The molecule has 8 nitrogen and oxygen atoms in total. The minimum atomic E-state index is -3.32. The molecule has 1 atom stereocenters. The molecule has 11 heteroatoms. The highest BCUT2D eigenvalue weighted by Crippen LogP contribution is 2.27. The van der Waals surface area contributed by atoms with Crippen LogP contribution in [-0.2, 0) is 45.6 Å². The Morgan fingerprint density at radius 3 is 2.40 bits per heavy atom. The van der Waals surface area contributed by atoms with Crippen LogP contribution in [0.3, 0.4) is 0 Å². The molecule has 3 rings (SSSR count). The van der Waals surface area contributed by atoms with Crippen LogP contribution >= 0.6 is 23.2 Å². The van der Waals surface area contributed by atoms with E-state index in [1.165, 1.54) is 0 Å². The van der Waals surface area contributed by atoms with Crippen molar-refractivity contribution in [3.8, 4) is 0 Å². The van der Waals surface area contributed by atoms with Crippen molar-refractivity contribution in [1.29, 1.82) is 0 Å². The molecule has 2 amide bonds. The summed E-state index contributed by atoms with van der Waals surface area (Å²) in [7, 11) is -3.32. The predicted molar refractivity (Wildman–Crippen MR) is 136 cm³/mol. The van der Waals surface area contributed by atoms with Gasteiger partial charge in [0.2, 0.25) is 15.9 Å². The molecule has 1 aliphatic heterocycles. The summed E-state index contributed by atoms with van der Waals surface area (Å²) in [5, 5.41) is 3.56. The molecule has 0 radical (unpaired) electrons. The van der Waals surface area contributed by atoms with E-state index in [2.05, 4.69) is 10.0 Å². The third-order valence-corrected chi connectivity index (χ3v) is 6.53. The topological polar surface area (TPSA) is 105 Å². The lowest BCUT2D eigenvalue weighted by atomic mass is 10.0. The third-order valence-electron chi connectivity index (χ3n) is 5.27. The minimum absolute atomic E-state index is 0.157. The maximum absolute atomic E-state index is 13.5. The van der Waals surface area contributed by atoms with Gasteiger partial charge in [-0.2, -0.15) is 0 Å². The van der Waals surface area contributed by atoms with Gasteiger partial charge in [0.25, 0.3) is 0 Å². The summed E-state index contributed by atoms with van der Waals surface area (Å²) in [6.07, 6.45) is 0.558. The van der Waals surface area contributed by atoms with E-state index in [-0.39, 0.29) is 18.9 Å². The van der Waals surface area contributed by atoms with Crippen molar-refractivity contribution in [2.45, 2.75) is 58.5 Å². The average molecular weight is 542 g/mol. The number of sulfonamides is 1. The lowest BCUT2D eigenvalue weighted by Gasteiger charge is -2.26. The van der Waals surface area contributed by atoms with Gasteiger partial charge in [0, 0.05) is 36.1 Å². The van der Waals surface area contributed by atoms with E-state index in [1.54, 1.807) is 43.9 Å². The van der Waals surface area contributed by atoms with Crippen LogP contribution in [0.15, 0.2) is 36.4 Å². The number of halogens is 2. The van der Waals surface area contributed by atoms with Crippen molar-refractivity contribution in [3.05, 3.63) is 68.7 Å². The van der Waals surface area contributed by atoms with E-state index >= 15 is 0 Å². The molecule has 2 N–H and O–H groups in total. The van der Waals surface area contributed by atoms with E-state index in [4.69, 9.17) is 27.9 Å². The van der Waals surface area contributed by atoms with Crippen LogP contribution in [0.25, 0.3) is 0 Å². The van der Waals surface area contributed by atoms with Gasteiger partial charge < -0.3 is 15.0 Å². The number of nitrogens with one attached hydrogen (secondary N) is 2. The highest BCUT2D eigenvalue weighted by Gasteiger charge is 2.32. The summed E-state index contributed by atoms with van der Waals surface area (Å²) >= 11 is 12.3. The van der Waals surface area contributed by atoms with E-state index < -0.39 is 27.8 Å². The molecule has 2 aromatic carbocycles. The van der Waals surface area contributed by atoms with Crippen molar-refractivity contribution in [1.82, 2.24) is 14.9 Å². The Morgan fingerprint density at radius 2 is 1.77 bits per heavy atom. The summed E-state index contributed by atoms with van der Waals surface area (Å²) < 4.78 is 30.6. The fourth-order valence-electron chi connectivity index (χ4n) is 3.71. The fourth-order valence-corrected chi connectivity index (χ4v) is 4.62. The number of ether oxygens (including phenoxy) is 1. The minimum Gasteiger partial charge on any atom is -0.444 e. The first-order chi connectivity index (χ1) is 16.2. The van der Waals surface area contributed by atoms with Crippen molar-refractivity contribution in [2.75, 3.05) is 6.26 Å². The molecule has 2 aromatic rings. The van der Waals surface area contributed by atoms with Gasteiger partial charge in [0.1, 0.15) is 11.6 Å². The third kappa shape index (κ3) is 8.10. The zero-order valence-electron chi connectivity index (χ0n) is 20.0. The molecular formula is C24H29Cl2N3O5S. The van der Waals surface area contributed by atoms with Crippen LogP contribution in [0, 0.1) is 0 Å². The van der Waals surface area contributed by atoms with Crippen molar-refractivity contribution >= 4 is 45.2 Å². The molecule has 35 heavy (non-hydrogen) atoms. The molecule has 0 aromatic heterocycles. The quantitative estimate of drug-likeness (QED) is 0.550. The van der Waals surface area contributed by atoms with Crippen LogP contribution in [-0.4, -0.2) is 43.2 Å². The van der Waals surface area contributed by atoms with Gasteiger partial charge in [0.15, 0.2) is 0 Å². The van der Waals surface area contributed by atoms with E-state index in [0.29, 0.717) is 28.7 Å². The van der Waals surface area contributed by atoms with Gasteiger partial charge in [-0.25, -0.2) is 17.9 Å². The maximum Gasteiger partial charge on any atom is 0.408 e.